The normalized spacial score (nSPS) is 24.8. The van der Waals surface area contributed by atoms with Gasteiger partial charge in [0, 0.05) is 35.4 Å². The van der Waals surface area contributed by atoms with Crippen LogP contribution in [0.1, 0.15) is 32.6 Å². The molecule has 3 nitrogen and oxygen atoms in total. The molecule has 0 bridgehead atoms. The fraction of sp³-hybridized carbons (Fsp3) is 1.00. The zero-order valence-electron chi connectivity index (χ0n) is 9.08. The van der Waals surface area contributed by atoms with Crippen LogP contribution in [-0.2, 0) is 10.8 Å². The second-order valence-corrected chi connectivity index (χ2v) is 6.17. The first-order chi connectivity index (χ1) is 6.53. The molecular weight excluding hydrogens is 198 g/mol. The highest BCUT2D eigenvalue weighted by Gasteiger charge is 2.30. The summed E-state index contributed by atoms with van der Waals surface area (Å²) in [5.41, 5.74) is -0.491. The maximum atomic E-state index is 11.1. The van der Waals surface area contributed by atoms with E-state index in [1.54, 1.807) is 6.26 Å². The highest BCUT2D eigenvalue weighted by molar-refractivity contribution is 7.84. The molecule has 0 aromatic rings. The Balaban J connectivity index is 2.17. The van der Waals surface area contributed by atoms with E-state index in [-0.39, 0.29) is 5.25 Å². The Morgan fingerprint density at radius 2 is 2.07 bits per heavy atom. The van der Waals surface area contributed by atoms with Gasteiger partial charge in [-0.1, -0.05) is 12.8 Å². The molecule has 0 spiro atoms. The highest BCUT2D eigenvalue weighted by Crippen LogP contribution is 2.28. The molecule has 14 heavy (non-hydrogen) atoms. The minimum Gasteiger partial charge on any atom is -0.389 e. The van der Waals surface area contributed by atoms with Gasteiger partial charge in [-0.3, -0.25) is 4.21 Å². The van der Waals surface area contributed by atoms with E-state index in [1.807, 2.05) is 6.92 Å². The first-order valence-electron chi connectivity index (χ1n) is 5.29. The van der Waals surface area contributed by atoms with Crippen molar-refractivity contribution in [1.29, 1.82) is 0 Å². The first-order valence-corrected chi connectivity index (χ1v) is 6.91. The third-order valence-corrected chi connectivity index (χ3v) is 4.29. The van der Waals surface area contributed by atoms with Crippen molar-refractivity contribution in [2.24, 2.45) is 0 Å². The summed E-state index contributed by atoms with van der Waals surface area (Å²) >= 11 is 0. The van der Waals surface area contributed by atoms with Crippen LogP contribution in [-0.4, -0.2) is 39.5 Å². The molecule has 0 saturated heterocycles. The highest BCUT2D eigenvalue weighted by atomic mass is 32.2. The third-order valence-electron chi connectivity index (χ3n) is 2.99. The summed E-state index contributed by atoms with van der Waals surface area (Å²) in [6, 6.07) is 0. The van der Waals surface area contributed by atoms with Crippen molar-refractivity contribution in [3.05, 3.63) is 0 Å². The molecule has 1 saturated carbocycles. The van der Waals surface area contributed by atoms with E-state index in [4.69, 9.17) is 0 Å². The molecule has 2 N–H and O–H groups in total. The van der Waals surface area contributed by atoms with Crippen molar-refractivity contribution < 1.29 is 9.32 Å². The molecule has 1 rings (SSSR count). The minimum atomic E-state index is -0.771. The molecule has 1 fully saturated rings. The lowest BCUT2D eigenvalue weighted by atomic mass is 10.0. The maximum absolute atomic E-state index is 11.1. The molecule has 4 heteroatoms. The lowest BCUT2D eigenvalue weighted by Crippen LogP contribution is -2.41. The molecule has 0 heterocycles. The largest absolute Gasteiger partial charge is 0.389 e. The number of hydrogen-bond donors (Lipinski definition) is 2. The molecule has 1 aliphatic carbocycles. The predicted octanol–water partition coefficient (Wildman–Crippen LogP) is 0.648. The van der Waals surface area contributed by atoms with Gasteiger partial charge in [-0.25, -0.2) is 0 Å². The van der Waals surface area contributed by atoms with Gasteiger partial charge in [0.05, 0.1) is 5.60 Å². The Kier molecular flexibility index (Phi) is 4.54. The molecule has 0 aromatic carbocycles. The molecule has 0 radical (unpaired) electrons. The zero-order chi connectivity index (χ0) is 10.6. The van der Waals surface area contributed by atoms with Crippen LogP contribution in [0.5, 0.6) is 0 Å². The lowest BCUT2D eigenvalue weighted by Gasteiger charge is -2.23. The van der Waals surface area contributed by atoms with Gasteiger partial charge in [0.25, 0.3) is 0 Å². The van der Waals surface area contributed by atoms with Crippen LogP contribution in [0.3, 0.4) is 0 Å². The van der Waals surface area contributed by atoms with Gasteiger partial charge in [-0.2, -0.15) is 0 Å². The summed E-state index contributed by atoms with van der Waals surface area (Å²) < 4.78 is 11.1. The van der Waals surface area contributed by atoms with Gasteiger partial charge in [-0.15, -0.1) is 0 Å². The van der Waals surface area contributed by atoms with E-state index < -0.39 is 16.4 Å². The van der Waals surface area contributed by atoms with E-state index in [2.05, 4.69) is 5.32 Å². The summed E-state index contributed by atoms with van der Waals surface area (Å²) in [6.45, 7) is 3.34. The zero-order valence-corrected chi connectivity index (χ0v) is 9.90. The SMILES string of the molecule is CC(CNCC1(O)CCCC1)S(C)=O. The van der Waals surface area contributed by atoms with E-state index in [1.165, 1.54) is 0 Å². The van der Waals surface area contributed by atoms with Gasteiger partial charge in [0.1, 0.15) is 0 Å². The third kappa shape index (κ3) is 3.67. The second kappa shape index (κ2) is 5.24. The van der Waals surface area contributed by atoms with Gasteiger partial charge in [-0.05, 0) is 19.8 Å². The van der Waals surface area contributed by atoms with Crippen LogP contribution >= 0.6 is 0 Å². The summed E-state index contributed by atoms with van der Waals surface area (Å²) in [5.74, 6) is 0. The monoisotopic (exact) mass is 219 g/mol. The minimum absolute atomic E-state index is 0.167. The van der Waals surface area contributed by atoms with Crippen molar-refractivity contribution in [3.8, 4) is 0 Å². The van der Waals surface area contributed by atoms with Crippen LogP contribution in [0.15, 0.2) is 0 Å². The Morgan fingerprint density at radius 1 is 1.50 bits per heavy atom. The van der Waals surface area contributed by atoms with Crippen LogP contribution in [0.4, 0.5) is 0 Å². The summed E-state index contributed by atoms with van der Waals surface area (Å²) in [6.07, 6.45) is 5.80. The van der Waals surface area contributed by atoms with Crippen molar-refractivity contribution in [1.82, 2.24) is 5.32 Å². The molecule has 0 aromatic heterocycles. The van der Waals surface area contributed by atoms with E-state index in [0.717, 1.165) is 32.2 Å². The summed E-state index contributed by atoms with van der Waals surface area (Å²) in [4.78, 5) is 0. The van der Waals surface area contributed by atoms with Gasteiger partial charge >= 0.3 is 0 Å². The average Bonchev–Trinajstić information content (AvgIpc) is 2.52. The van der Waals surface area contributed by atoms with Crippen molar-refractivity contribution >= 4 is 10.8 Å². The average molecular weight is 219 g/mol. The molecule has 2 unspecified atom stereocenters. The van der Waals surface area contributed by atoms with Crippen LogP contribution < -0.4 is 5.32 Å². The molecule has 0 aliphatic heterocycles. The van der Waals surface area contributed by atoms with Crippen molar-refractivity contribution in [2.75, 3.05) is 19.3 Å². The molecule has 2 atom stereocenters. The second-order valence-electron chi connectivity index (χ2n) is 4.37. The smallest absolute Gasteiger partial charge is 0.0771 e. The van der Waals surface area contributed by atoms with Crippen LogP contribution in [0.25, 0.3) is 0 Å². The summed E-state index contributed by atoms with van der Waals surface area (Å²) in [5, 5.41) is 13.4. The quantitative estimate of drug-likeness (QED) is 0.714. The van der Waals surface area contributed by atoms with E-state index >= 15 is 0 Å². The van der Waals surface area contributed by atoms with Gasteiger partial charge < -0.3 is 10.4 Å². The fourth-order valence-electron chi connectivity index (χ4n) is 1.84. The molecular formula is C10H21NO2S. The molecule has 84 valence electrons. The molecule has 0 amide bonds. The first kappa shape index (κ1) is 12.1. The number of aliphatic hydroxyl groups is 1. The van der Waals surface area contributed by atoms with E-state index in [9.17, 15) is 9.32 Å². The summed E-state index contributed by atoms with van der Waals surface area (Å²) in [7, 11) is -0.771. The topological polar surface area (TPSA) is 49.3 Å². The Labute approximate surface area is 88.7 Å². The Morgan fingerprint density at radius 3 is 2.57 bits per heavy atom. The Bertz CT molecular complexity index is 202. The molecule has 1 aliphatic rings. The number of nitrogens with one attached hydrogen (secondary N) is 1. The van der Waals surface area contributed by atoms with Crippen molar-refractivity contribution in [2.45, 2.75) is 43.5 Å². The standard InChI is InChI=1S/C10H21NO2S/c1-9(14(2)13)7-11-8-10(12)5-3-4-6-10/h9,11-12H,3-8H2,1-2H3. The maximum Gasteiger partial charge on any atom is 0.0771 e. The number of hydrogen-bond acceptors (Lipinski definition) is 3. The van der Waals surface area contributed by atoms with Crippen molar-refractivity contribution in [3.63, 3.8) is 0 Å². The Hall–Kier alpha value is 0.0700. The van der Waals surface area contributed by atoms with Gasteiger partial charge in [0.2, 0.25) is 0 Å². The van der Waals surface area contributed by atoms with Crippen LogP contribution in [0.2, 0.25) is 0 Å². The van der Waals surface area contributed by atoms with E-state index in [0.29, 0.717) is 6.54 Å². The predicted molar refractivity (Wildman–Crippen MR) is 59.8 cm³/mol. The lowest BCUT2D eigenvalue weighted by molar-refractivity contribution is 0.0481. The fourth-order valence-corrected chi connectivity index (χ4v) is 2.19. The van der Waals surface area contributed by atoms with Gasteiger partial charge in [0.15, 0.2) is 0 Å². The van der Waals surface area contributed by atoms with Crippen LogP contribution in [0, 0.1) is 0 Å². The number of rotatable bonds is 5.